The van der Waals surface area contributed by atoms with Gasteiger partial charge in [0, 0.05) is 18.8 Å². The summed E-state index contributed by atoms with van der Waals surface area (Å²) in [6.45, 7) is 1.98. The van der Waals surface area contributed by atoms with Gasteiger partial charge in [-0.05, 0) is 31.4 Å². The third kappa shape index (κ3) is 8.91. The fourth-order valence-electron chi connectivity index (χ4n) is 3.73. The smallest absolute Gasteiger partial charge is 0.342 e. The number of rotatable bonds is 6. The molecule has 0 fully saturated rings. The van der Waals surface area contributed by atoms with Gasteiger partial charge in [-0.2, -0.15) is 5.10 Å². The quantitative estimate of drug-likeness (QED) is 0.264. The van der Waals surface area contributed by atoms with Gasteiger partial charge >= 0.3 is 6.03 Å². The Morgan fingerprint density at radius 2 is 1.86 bits per heavy atom. The Bertz CT molecular complexity index is 1030. The van der Waals surface area contributed by atoms with Crippen LogP contribution in [-0.4, -0.2) is 73.0 Å². The number of hydrazone groups is 1. The fourth-order valence-corrected chi connectivity index (χ4v) is 3.73. The van der Waals surface area contributed by atoms with Crippen LogP contribution in [-0.2, 0) is 24.0 Å². The molecule has 0 saturated carbocycles. The van der Waals surface area contributed by atoms with Crippen LogP contribution in [0.15, 0.2) is 35.4 Å². The molecule has 7 N–H and O–H groups in total. The van der Waals surface area contributed by atoms with Gasteiger partial charge in [0.1, 0.15) is 12.1 Å². The van der Waals surface area contributed by atoms with Crippen LogP contribution in [0.2, 0.25) is 0 Å². The van der Waals surface area contributed by atoms with Crippen LogP contribution in [0.25, 0.3) is 0 Å². The molecule has 7 amide bonds. The van der Waals surface area contributed by atoms with Crippen molar-refractivity contribution in [1.29, 1.82) is 0 Å². The molecule has 1 aromatic carbocycles. The number of benzene rings is 1. The lowest BCUT2D eigenvalue weighted by Gasteiger charge is -2.35. The van der Waals surface area contributed by atoms with Crippen molar-refractivity contribution in [2.75, 3.05) is 18.0 Å². The van der Waals surface area contributed by atoms with Crippen molar-refractivity contribution in [3.63, 3.8) is 0 Å². The van der Waals surface area contributed by atoms with Crippen LogP contribution in [0.5, 0.6) is 0 Å². The molecular formula is C23H32N8O6. The molecule has 1 aliphatic rings. The number of hydrogen-bond acceptors (Lipinski definition) is 7. The van der Waals surface area contributed by atoms with Crippen molar-refractivity contribution < 1.29 is 28.8 Å². The van der Waals surface area contributed by atoms with Crippen molar-refractivity contribution in [2.45, 2.75) is 51.2 Å². The van der Waals surface area contributed by atoms with E-state index in [0.717, 1.165) is 0 Å². The highest BCUT2D eigenvalue weighted by Crippen LogP contribution is 2.21. The van der Waals surface area contributed by atoms with Crippen molar-refractivity contribution in [3.8, 4) is 0 Å². The summed E-state index contributed by atoms with van der Waals surface area (Å²) < 4.78 is 0. The fraction of sp³-hybridized carbons (Fsp3) is 0.435. The zero-order valence-corrected chi connectivity index (χ0v) is 20.7. The van der Waals surface area contributed by atoms with Crippen molar-refractivity contribution in [3.05, 3.63) is 30.3 Å². The van der Waals surface area contributed by atoms with Gasteiger partial charge in [0.15, 0.2) is 0 Å². The molecule has 3 atom stereocenters. The zero-order chi connectivity index (χ0) is 27.4. The van der Waals surface area contributed by atoms with Gasteiger partial charge in [0.2, 0.25) is 29.5 Å². The van der Waals surface area contributed by atoms with Gasteiger partial charge in [0.05, 0.1) is 19.1 Å². The number of nitrogens with two attached hydrogens (primary N) is 1. The van der Waals surface area contributed by atoms with Crippen molar-refractivity contribution >= 4 is 47.5 Å². The first-order chi connectivity index (χ1) is 17.6. The van der Waals surface area contributed by atoms with E-state index >= 15 is 0 Å². The molecule has 0 bridgehead atoms. The van der Waals surface area contributed by atoms with Crippen LogP contribution >= 0.6 is 0 Å². The van der Waals surface area contributed by atoms with E-state index in [1.54, 1.807) is 37.3 Å². The summed E-state index contributed by atoms with van der Waals surface area (Å²) in [5, 5.41) is 13.8. The summed E-state index contributed by atoms with van der Waals surface area (Å²) in [6.07, 6.45) is 1.97. The van der Waals surface area contributed by atoms with Crippen LogP contribution in [0.3, 0.4) is 0 Å². The van der Waals surface area contributed by atoms with Crippen LogP contribution < -0.4 is 37.3 Å². The maximum Gasteiger partial charge on any atom is 0.342 e. The molecule has 14 heteroatoms. The molecule has 1 aliphatic heterocycles. The second-order valence-electron chi connectivity index (χ2n) is 8.19. The number of primary amides is 1. The van der Waals surface area contributed by atoms with E-state index < -0.39 is 66.8 Å². The third-order valence-electron chi connectivity index (χ3n) is 5.38. The number of carbonyl (C=O) groups is 6. The first-order valence-corrected chi connectivity index (χ1v) is 11.7. The molecule has 37 heavy (non-hydrogen) atoms. The summed E-state index contributed by atoms with van der Waals surface area (Å²) in [5.74, 6) is -3.34. The lowest BCUT2D eigenvalue weighted by atomic mass is 10.0. The second-order valence-corrected chi connectivity index (χ2v) is 8.19. The summed E-state index contributed by atoms with van der Waals surface area (Å²) in [4.78, 5) is 75.8. The number of carbonyl (C=O) groups excluding carboxylic acids is 6. The topological polar surface area (TPSA) is 204 Å². The first-order valence-electron chi connectivity index (χ1n) is 11.7. The summed E-state index contributed by atoms with van der Waals surface area (Å²) in [5.41, 5.74) is 7.97. The van der Waals surface area contributed by atoms with Gasteiger partial charge in [-0.15, -0.1) is 0 Å². The molecule has 1 aromatic rings. The molecule has 14 nitrogen and oxygen atoms in total. The number of amides is 7. The van der Waals surface area contributed by atoms with E-state index in [1.165, 1.54) is 18.0 Å². The third-order valence-corrected chi connectivity index (χ3v) is 5.38. The highest BCUT2D eigenvalue weighted by Gasteiger charge is 2.36. The Kier molecular flexibility index (Phi) is 11.0. The number of urea groups is 1. The Balaban J connectivity index is 2.47. The normalized spacial score (nSPS) is 22.3. The van der Waals surface area contributed by atoms with Crippen molar-refractivity contribution in [1.82, 2.24) is 26.7 Å². The SMILES string of the molecule is CCC1C(C(=O)NCC(N)=O)NC(=O)CNC(=O)C(NC(C)=O)CC/C=N\NC(=O)N1c1ccccc1. The molecule has 2 rings (SSSR count). The minimum atomic E-state index is -1.33. The van der Waals surface area contributed by atoms with E-state index in [9.17, 15) is 28.8 Å². The molecule has 0 aliphatic carbocycles. The van der Waals surface area contributed by atoms with Crippen LogP contribution in [0, 0.1) is 0 Å². The molecular weight excluding hydrogens is 484 g/mol. The average molecular weight is 517 g/mol. The van der Waals surface area contributed by atoms with E-state index in [2.05, 4.69) is 31.8 Å². The monoisotopic (exact) mass is 516 g/mol. The average Bonchev–Trinajstić information content (AvgIpc) is 2.86. The lowest BCUT2D eigenvalue weighted by molar-refractivity contribution is -0.132. The van der Waals surface area contributed by atoms with E-state index in [4.69, 9.17) is 5.73 Å². The van der Waals surface area contributed by atoms with E-state index in [-0.39, 0.29) is 19.3 Å². The maximum absolute atomic E-state index is 13.3. The van der Waals surface area contributed by atoms with Gasteiger partial charge < -0.3 is 27.0 Å². The molecule has 3 unspecified atom stereocenters. The Hall–Kier alpha value is -4.49. The molecule has 0 radical (unpaired) electrons. The summed E-state index contributed by atoms with van der Waals surface area (Å²) in [6, 6.07) is 4.56. The number of hydrogen-bond donors (Lipinski definition) is 6. The van der Waals surface area contributed by atoms with Crippen LogP contribution in [0.4, 0.5) is 10.5 Å². The van der Waals surface area contributed by atoms with Gasteiger partial charge in [-0.3, -0.25) is 28.9 Å². The van der Waals surface area contributed by atoms with E-state index in [1.807, 2.05) is 0 Å². The van der Waals surface area contributed by atoms with E-state index in [0.29, 0.717) is 5.69 Å². The van der Waals surface area contributed by atoms with Gasteiger partial charge in [-0.1, -0.05) is 25.1 Å². The van der Waals surface area contributed by atoms with Crippen LogP contribution in [0.1, 0.15) is 33.1 Å². The van der Waals surface area contributed by atoms with Gasteiger partial charge in [-0.25, -0.2) is 10.2 Å². The predicted molar refractivity (Wildman–Crippen MR) is 134 cm³/mol. The number of nitrogens with zero attached hydrogens (tertiary/aromatic N) is 2. The standard InChI is InChI=1S/C23H32N8O6/c1-3-17-20(22(36)25-12-18(24)33)29-19(34)13-26-21(35)16(28-14(2)32)10-7-11-27-30-23(37)31(17)15-8-5-4-6-9-15/h4-6,8-9,11,16-17,20H,3,7,10,12-13H2,1-2H3,(H2,24,33)(H,25,36)(H,26,35)(H,28,32)(H,29,34)(H,30,37)/b27-11-. The molecule has 200 valence electrons. The number of anilines is 1. The predicted octanol–water partition coefficient (Wildman–Crippen LogP) is -1.53. The molecule has 0 aromatic heterocycles. The Labute approximate surface area is 213 Å². The maximum atomic E-state index is 13.3. The first kappa shape index (κ1) is 28.7. The number of nitrogens with one attached hydrogen (secondary N) is 5. The summed E-state index contributed by atoms with van der Waals surface area (Å²) in [7, 11) is 0. The van der Waals surface area contributed by atoms with Crippen molar-refractivity contribution in [2.24, 2.45) is 10.8 Å². The Morgan fingerprint density at radius 1 is 1.16 bits per heavy atom. The minimum absolute atomic E-state index is 0.157. The number of para-hydroxylation sites is 1. The molecule has 0 spiro atoms. The molecule has 0 saturated heterocycles. The minimum Gasteiger partial charge on any atom is -0.368 e. The highest BCUT2D eigenvalue weighted by atomic mass is 16.2. The summed E-state index contributed by atoms with van der Waals surface area (Å²) >= 11 is 0. The highest BCUT2D eigenvalue weighted by molar-refractivity contribution is 5.97. The zero-order valence-electron chi connectivity index (χ0n) is 20.7. The van der Waals surface area contributed by atoms with Gasteiger partial charge in [0.25, 0.3) is 0 Å². The largest absolute Gasteiger partial charge is 0.368 e. The Morgan fingerprint density at radius 3 is 2.49 bits per heavy atom. The lowest BCUT2D eigenvalue weighted by Crippen LogP contribution is -2.62. The molecule has 1 heterocycles. The second kappa shape index (κ2) is 14.2.